The van der Waals surface area contributed by atoms with Gasteiger partial charge in [0.2, 0.25) is 0 Å². The molecule has 0 radical (unpaired) electrons. The maximum atomic E-state index is 9.15. The van der Waals surface area contributed by atoms with E-state index in [9.17, 15) is 0 Å². The van der Waals surface area contributed by atoms with Gasteiger partial charge in [-0.25, -0.2) is 0 Å². The van der Waals surface area contributed by atoms with E-state index in [1.165, 1.54) is 25.7 Å². The number of benzene rings is 1. The lowest BCUT2D eigenvalue weighted by Crippen LogP contribution is -2.16. The molecule has 1 aromatic rings. The first-order chi connectivity index (χ1) is 9.83. The normalized spacial score (nSPS) is 12.7. The number of hydrogen-bond acceptors (Lipinski definition) is 4. The second kappa shape index (κ2) is 10.0. The van der Waals surface area contributed by atoms with Crippen LogP contribution in [0.3, 0.4) is 0 Å². The first-order valence-electron chi connectivity index (χ1n) is 7.32. The Hall–Kier alpha value is -1.84. The van der Waals surface area contributed by atoms with Crippen LogP contribution in [0.15, 0.2) is 40.6 Å². The zero-order valence-corrected chi connectivity index (χ0v) is 12.1. The minimum absolute atomic E-state index is 0.349. The second-order valence-electron chi connectivity index (χ2n) is 4.88. The third-order valence-corrected chi connectivity index (χ3v) is 3.31. The van der Waals surface area contributed by atoms with Crippen LogP contribution >= 0.6 is 0 Å². The monoisotopic (exact) mass is 276 g/mol. The van der Waals surface area contributed by atoms with E-state index < -0.39 is 0 Å². The van der Waals surface area contributed by atoms with E-state index in [1.807, 2.05) is 30.3 Å². The van der Waals surface area contributed by atoms with Crippen molar-refractivity contribution in [3.8, 4) is 0 Å². The molecular weight excluding hydrogens is 252 g/mol. The van der Waals surface area contributed by atoms with Crippen LogP contribution < -0.4 is 0 Å². The van der Waals surface area contributed by atoms with Gasteiger partial charge in [0.1, 0.15) is 11.4 Å². The third kappa shape index (κ3) is 5.43. The summed E-state index contributed by atoms with van der Waals surface area (Å²) in [5.74, 6) is 0. The quantitative estimate of drug-likeness (QED) is 0.303. The van der Waals surface area contributed by atoms with Crippen molar-refractivity contribution in [2.24, 2.45) is 10.3 Å². The Bertz CT molecular complexity index is 427. The minimum Gasteiger partial charge on any atom is -0.411 e. The van der Waals surface area contributed by atoms with Crippen LogP contribution in [0, 0.1) is 0 Å². The van der Waals surface area contributed by atoms with Gasteiger partial charge < -0.3 is 10.4 Å². The van der Waals surface area contributed by atoms with Crippen LogP contribution in [0.1, 0.15) is 57.4 Å². The molecule has 0 aliphatic carbocycles. The van der Waals surface area contributed by atoms with Crippen LogP contribution in [0.4, 0.5) is 0 Å². The summed E-state index contributed by atoms with van der Waals surface area (Å²) in [5, 5.41) is 24.9. The molecule has 0 saturated carbocycles. The van der Waals surface area contributed by atoms with Gasteiger partial charge in [-0.1, -0.05) is 79.7 Å². The van der Waals surface area contributed by atoms with Crippen molar-refractivity contribution in [2.45, 2.75) is 51.9 Å². The van der Waals surface area contributed by atoms with Crippen molar-refractivity contribution in [1.29, 1.82) is 0 Å². The van der Waals surface area contributed by atoms with Gasteiger partial charge >= 0.3 is 0 Å². The molecule has 4 nitrogen and oxygen atoms in total. The number of nitrogens with zero attached hydrogens (tertiary/aromatic N) is 2. The number of oxime groups is 2. The predicted octanol–water partition coefficient (Wildman–Crippen LogP) is 4.45. The molecule has 0 heterocycles. The molecule has 4 heteroatoms. The average molecular weight is 276 g/mol. The van der Waals surface area contributed by atoms with E-state index >= 15 is 0 Å². The molecule has 0 unspecified atom stereocenters. The molecule has 20 heavy (non-hydrogen) atoms. The summed E-state index contributed by atoms with van der Waals surface area (Å²) in [5.41, 5.74) is 1.55. The van der Waals surface area contributed by atoms with Crippen molar-refractivity contribution < 1.29 is 10.4 Å². The van der Waals surface area contributed by atoms with Crippen LogP contribution in [0.5, 0.6) is 0 Å². The fraction of sp³-hybridized carbons (Fsp3) is 0.500. The van der Waals surface area contributed by atoms with E-state index in [2.05, 4.69) is 17.2 Å². The predicted molar refractivity (Wildman–Crippen MR) is 82.0 cm³/mol. The average Bonchev–Trinajstić information content (AvgIpc) is 2.50. The Morgan fingerprint density at radius 3 is 2.15 bits per heavy atom. The Kier molecular flexibility index (Phi) is 8.11. The fourth-order valence-electron chi connectivity index (χ4n) is 2.17. The van der Waals surface area contributed by atoms with Crippen molar-refractivity contribution in [3.63, 3.8) is 0 Å². The molecule has 0 aromatic heterocycles. The summed E-state index contributed by atoms with van der Waals surface area (Å²) in [6.07, 6.45) is 7.62. The number of hydrogen-bond donors (Lipinski definition) is 2. The van der Waals surface area contributed by atoms with Gasteiger partial charge in [0.25, 0.3) is 0 Å². The topological polar surface area (TPSA) is 65.2 Å². The van der Waals surface area contributed by atoms with Gasteiger partial charge in [-0.3, -0.25) is 0 Å². The standard InChI is InChI=1S/C16H24N2O2/c1-2-3-4-5-6-10-13-15(17-19)16(18-20)14-11-8-7-9-12-14/h7-9,11-12,19-20H,2-6,10,13H2,1H3. The van der Waals surface area contributed by atoms with Crippen LogP contribution in [0.25, 0.3) is 0 Å². The summed E-state index contributed by atoms with van der Waals surface area (Å²) in [4.78, 5) is 0. The first kappa shape index (κ1) is 16.2. The largest absolute Gasteiger partial charge is 0.411 e. The molecule has 0 bridgehead atoms. The molecule has 0 amide bonds. The van der Waals surface area contributed by atoms with Gasteiger partial charge in [0.05, 0.1) is 0 Å². The molecule has 0 aliphatic heterocycles. The lowest BCUT2D eigenvalue weighted by Gasteiger charge is -2.07. The van der Waals surface area contributed by atoms with Crippen molar-refractivity contribution in [2.75, 3.05) is 0 Å². The van der Waals surface area contributed by atoms with Crippen molar-refractivity contribution in [1.82, 2.24) is 0 Å². The van der Waals surface area contributed by atoms with E-state index in [0.29, 0.717) is 17.8 Å². The lowest BCUT2D eigenvalue weighted by atomic mass is 10.0. The molecule has 0 atom stereocenters. The Balaban J connectivity index is 2.49. The molecule has 2 N–H and O–H groups in total. The summed E-state index contributed by atoms with van der Waals surface area (Å²) >= 11 is 0. The summed E-state index contributed by atoms with van der Waals surface area (Å²) in [7, 11) is 0. The lowest BCUT2D eigenvalue weighted by molar-refractivity contribution is 0.313. The molecule has 0 aliphatic rings. The Morgan fingerprint density at radius 2 is 1.55 bits per heavy atom. The molecule has 0 fully saturated rings. The van der Waals surface area contributed by atoms with Gasteiger partial charge in [0.15, 0.2) is 0 Å². The van der Waals surface area contributed by atoms with Gasteiger partial charge in [-0.05, 0) is 12.8 Å². The SMILES string of the molecule is CCCCCCCCC(=NO)C(=NO)c1ccccc1. The maximum absolute atomic E-state index is 9.15. The van der Waals surface area contributed by atoms with Gasteiger partial charge in [-0.2, -0.15) is 0 Å². The molecule has 1 aromatic carbocycles. The van der Waals surface area contributed by atoms with Gasteiger partial charge in [-0.15, -0.1) is 0 Å². The van der Waals surface area contributed by atoms with E-state index in [4.69, 9.17) is 10.4 Å². The fourth-order valence-corrected chi connectivity index (χ4v) is 2.17. The summed E-state index contributed by atoms with van der Waals surface area (Å²) in [6, 6.07) is 9.28. The van der Waals surface area contributed by atoms with E-state index in [0.717, 1.165) is 18.4 Å². The molecule has 0 saturated heterocycles. The zero-order chi connectivity index (χ0) is 14.6. The molecule has 110 valence electrons. The maximum Gasteiger partial charge on any atom is 0.134 e. The zero-order valence-electron chi connectivity index (χ0n) is 12.1. The third-order valence-electron chi connectivity index (χ3n) is 3.31. The molecule has 0 spiro atoms. The van der Waals surface area contributed by atoms with Crippen molar-refractivity contribution in [3.05, 3.63) is 35.9 Å². The Morgan fingerprint density at radius 1 is 0.900 bits per heavy atom. The second-order valence-corrected chi connectivity index (χ2v) is 4.88. The van der Waals surface area contributed by atoms with Crippen LogP contribution in [0.2, 0.25) is 0 Å². The summed E-state index contributed by atoms with van der Waals surface area (Å²) in [6.45, 7) is 2.19. The summed E-state index contributed by atoms with van der Waals surface area (Å²) < 4.78 is 0. The molecular formula is C16H24N2O2. The van der Waals surface area contributed by atoms with Crippen molar-refractivity contribution >= 4 is 11.4 Å². The highest BCUT2D eigenvalue weighted by Gasteiger charge is 2.12. The minimum atomic E-state index is 0.349. The van der Waals surface area contributed by atoms with Crippen LogP contribution in [-0.2, 0) is 0 Å². The van der Waals surface area contributed by atoms with Crippen LogP contribution in [-0.4, -0.2) is 21.8 Å². The highest BCUT2D eigenvalue weighted by Crippen LogP contribution is 2.11. The Labute approximate surface area is 120 Å². The van der Waals surface area contributed by atoms with Gasteiger partial charge in [0, 0.05) is 5.56 Å². The highest BCUT2D eigenvalue weighted by molar-refractivity contribution is 6.48. The van der Waals surface area contributed by atoms with E-state index in [1.54, 1.807) is 0 Å². The van der Waals surface area contributed by atoms with E-state index in [-0.39, 0.29) is 0 Å². The smallest absolute Gasteiger partial charge is 0.134 e. The molecule has 1 rings (SSSR count). The number of rotatable bonds is 9. The number of unbranched alkanes of at least 4 members (excludes halogenated alkanes) is 5. The first-order valence-corrected chi connectivity index (χ1v) is 7.32. The highest BCUT2D eigenvalue weighted by atomic mass is 16.4.